The van der Waals surface area contributed by atoms with Gasteiger partial charge in [-0.05, 0) is 52.5 Å². The highest BCUT2D eigenvalue weighted by molar-refractivity contribution is 6.08. The first kappa shape index (κ1) is 17.1. The summed E-state index contributed by atoms with van der Waals surface area (Å²) < 4.78 is 0. The number of unbranched alkanes of at least 4 members (excludes halogenated alkanes) is 1. The quantitative estimate of drug-likeness (QED) is 0.552. The summed E-state index contributed by atoms with van der Waals surface area (Å²) in [5, 5.41) is 0. The highest BCUT2D eigenvalue weighted by Gasteiger charge is 2.13. The Labute approximate surface area is 123 Å². The van der Waals surface area contributed by atoms with Crippen LogP contribution in [-0.2, 0) is 0 Å². The minimum atomic E-state index is 1.25. The predicted octanol–water partition coefficient (Wildman–Crippen LogP) is 0.900. The van der Waals surface area contributed by atoms with Crippen molar-refractivity contribution in [2.45, 2.75) is 38.7 Å². The van der Waals surface area contributed by atoms with Crippen molar-refractivity contribution in [3.63, 3.8) is 0 Å². The van der Waals surface area contributed by atoms with Crippen LogP contribution >= 0.6 is 0 Å². The number of rotatable bonds is 10. The monoisotopic (exact) mass is 285 g/mol. The third-order valence-electron chi connectivity index (χ3n) is 4.20. The molecule has 1 aliphatic heterocycles. The summed E-state index contributed by atoms with van der Waals surface area (Å²) in [6.45, 7) is 12.6. The van der Waals surface area contributed by atoms with E-state index in [0.717, 1.165) is 0 Å². The molecular weight excluding hydrogens is 250 g/mol. The summed E-state index contributed by atoms with van der Waals surface area (Å²) >= 11 is 0. The summed E-state index contributed by atoms with van der Waals surface area (Å²) in [6, 6.07) is 1.46. The molecule has 0 N–H and O–H groups in total. The lowest BCUT2D eigenvalue weighted by atomic mass is 10.2. The zero-order valence-electron chi connectivity index (χ0n) is 13.5. The third kappa shape index (κ3) is 8.08. The van der Waals surface area contributed by atoms with E-state index in [2.05, 4.69) is 28.7 Å². The Morgan fingerprint density at radius 1 is 0.947 bits per heavy atom. The van der Waals surface area contributed by atoms with Gasteiger partial charge in [-0.1, -0.05) is 19.4 Å². The molecule has 0 radical (unpaired) electrons. The summed E-state index contributed by atoms with van der Waals surface area (Å²) in [5.74, 6) is 0. The molecule has 0 aromatic heterocycles. The molecule has 0 aliphatic carbocycles. The molecule has 1 fully saturated rings. The van der Waals surface area contributed by atoms with Crippen LogP contribution in [0.1, 0.15) is 32.6 Å². The second-order valence-electron chi connectivity index (χ2n) is 6.05. The average molecular weight is 286 g/mol. The van der Waals surface area contributed by atoms with Gasteiger partial charge in [-0.25, -0.2) is 0 Å². The van der Waals surface area contributed by atoms with Crippen LogP contribution < -0.4 is 0 Å². The van der Waals surface area contributed by atoms with Gasteiger partial charge in [0.1, 0.15) is 0 Å². The number of piperazine rings is 1. The topological polar surface area (TPSA) is 9.72 Å². The van der Waals surface area contributed by atoms with Crippen LogP contribution in [0.3, 0.4) is 0 Å². The molecule has 0 amide bonds. The molecule has 0 aromatic carbocycles. The lowest BCUT2D eigenvalue weighted by molar-refractivity contribution is 0.145. The summed E-state index contributed by atoms with van der Waals surface area (Å²) in [4.78, 5) is 7.79. The van der Waals surface area contributed by atoms with Crippen LogP contribution in [0.4, 0.5) is 0 Å². The van der Waals surface area contributed by atoms with Crippen LogP contribution in [0.2, 0.25) is 6.04 Å². The van der Waals surface area contributed by atoms with Gasteiger partial charge in [0.15, 0.2) is 0 Å². The molecule has 0 atom stereocenters. The van der Waals surface area contributed by atoms with Gasteiger partial charge in [0.2, 0.25) is 0 Å². The van der Waals surface area contributed by atoms with Crippen LogP contribution in [-0.4, -0.2) is 84.3 Å². The van der Waals surface area contributed by atoms with Gasteiger partial charge in [-0.15, -0.1) is 0 Å². The SMILES string of the molecule is CCCCN(CCC[SiH3])CCCN1CCN(C)CC1. The Morgan fingerprint density at radius 3 is 2.21 bits per heavy atom. The van der Waals surface area contributed by atoms with Crippen molar-refractivity contribution in [2.24, 2.45) is 0 Å². The minimum absolute atomic E-state index is 1.25. The third-order valence-corrected chi connectivity index (χ3v) is 4.91. The van der Waals surface area contributed by atoms with Crippen molar-refractivity contribution >= 4 is 10.2 Å². The highest BCUT2D eigenvalue weighted by atomic mass is 28.1. The molecule has 19 heavy (non-hydrogen) atoms. The van der Waals surface area contributed by atoms with Crippen molar-refractivity contribution in [1.82, 2.24) is 14.7 Å². The second kappa shape index (κ2) is 10.8. The van der Waals surface area contributed by atoms with Crippen molar-refractivity contribution in [1.29, 1.82) is 0 Å². The van der Waals surface area contributed by atoms with Crippen LogP contribution in [0.25, 0.3) is 0 Å². The molecule has 3 nitrogen and oxygen atoms in total. The van der Waals surface area contributed by atoms with Gasteiger partial charge in [0.05, 0.1) is 0 Å². The lowest BCUT2D eigenvalue weighted by Gasteiger charge is -2.33. The Morgan fingerprint density at radius 2 is 1.58 bits per heavy atom. The molecule has 1 aliphatic rings. The normalized spacial score (nSPS) is 18.5. The number of nitrogens with zero attached hydrogens (tertiary/aromatic N) is 3. The van der Waals surface area contributed by atoms with E-state index in [1.54, 1.807) is 0 Å². The fraction of sp³-hybridized carbons (Fsp3) is 1.00. The van der Waals surface area contributed by atoms with Crippen molar-refractivity contribution in [3.05, 3.63) is 0 Å². The largest absolute Gasteiger partial charge is 0.304 e. The molecule has 4 heteroatoms. The van der Waals surface area contributed by atoms with E-state index in [1.165, 1.54) is 94.3 Å². The fourth-order valence-corrected chi connectivity index (χ4v) is 3.00. The molecule has 1 heterocycles. The number of hydrogen-bond acceptors (Lipinski definition) is 3. The fourth-order valence-electron chi connectivity index (χ4n) is 2.69. The Kier molecular flexibility index (Phi) is 9.78. The minimum Gasteiger partial charge on any atom is -0.304 e. The summed E-state index contributed by atoms with van der Waals surface area (Å²) in [5.41, 5.74) is 0. The first-order valence-corrected chi connectivity index (χ1v) is 9.81. The van der Waals surface area contributed by atoms with Crippen LogP contribution in [0, 0.1) is 0 Å². The van der Waals surface area contributed by atoms with Crippen molar-refractivity contribution < 1.29 is 0 Å². The molecule has 1 rings (SSSR count). The molecule has 0 unspecified atom stereocenters. The summed E-state index contributed by atoms with van der Waals surface area (Å²) in [7, 11) is 3.60. The Balaban J connectivity index is 2.12. The molecule has 114 valence electrons. The van der Waals surface area contributed by atoms with E-state index in [-0.39, 0.29) is 0 Å². The number of hydrogen-bond donors (Lipinski definition) is 0. The molecule has 0 spiro atoms. The number of likely N-dealkylation sites (N-methyl/N-ethyl adjacent to an activating group) is 1. The van der Waals surface area contributed by atoms with E-state index in [1.807, 2.05) is 0 Å². The van der Waals surface area contributed by atoms with Gasteiger partial charge in [-0.3, -0.25) is 0 Å². The van der Waals surface area contributed by atoms with Gasteiger partial charge < -0.3 is 14.7 Å². The molecule has 0 bridgehead atoms. The smallest absolute Gasteiger partial charge is 0.0110 e. The van der Waals surface area contributed by atoms with Crippen molar-refractivity contribution in [3.8, 4) is 0 Å². The van der Waals surface area contributed by atoms with E-state index < -0.39 is 0 Å². The zero-order valence-corrected chi connectivity index (χ0v) is 15.5. The first-order valence-electron chi connectivity index (χ1n) is 8.39. The van der Waals surface area contributed by atoms with Gasteiger partial charge in [-0.2, -0.15) is 0 Å². The van der Waals surface area contributed by atoms with E-state index >= 15 is 0 Å². The van der Waals surface area contributed by atoms with Gasteiger partial charge >= 0.3 is 0 Å². The van der Waals surface area contributed by atoms with Crippen LogP contribution in [0.5, 0.6) is 0 Å². The lowest BCUT2D eigenvalue weighted by Crippen LogP contribution is -2.45. The molecular formula is C15H35N3Si. The maximum Gasteiger partial charge on any atom is 0.0110 e. The summed E-state index contributed by atoms with van der Waals surface area (Å²) in [6.07, 6.45) is 5.48. The molecule has 1 saturated heterocycles. The average Bonchev–Trinajstić information content (AvgIpc) is 2.43. The van der Waals surface area contributed by atoms with Gasteiger partial charge in [0, 0.05) is 36.4 Å². The van der Waals surface area contributed by atoms with Crippen molar-refractivity contribution in [2.75, 3.05) is 59.4 Å². The van der Waals surface area contributed by atoms with Gasteiger partial charge in [0.25, 0.3) is 0 Å². The maximum absolute atomic E-state index is 2.71. The van der Waals surface area contributed by atoms with E-state index in [4.69, 9.17) is 0 Å². The Bertz CT molecular complexity index is 198. The second-order valence-corrected chi connectivity index (χ2v) is 7.05. The molecule has 0 saturated carbocycles. The van der Waals surface area contributed by atoms with Crippen LogP contribution in [0.15, 0.2) is 0 Å². The van der Waals surface area contributed by atoms with E-state index in [9.17, 15) is 0 Å². The zero-order chi connectivity index (χ0) is 13.9. The molecule has 0 aromatic rings. The van der Waals surface area contributed by atoms with E-state index in [0.29, 0.717) is 0 Å². The predicted molar refractivity (Wildman–Crippen MR) is 89.3 cm³/mol. The highest BCUT2D eigenvalue weighted by Crippen LogP contribution is 2.03. The Hall–Kier alpha value is 0.0969. The maximum atomic E-state index is 2.71. The first-order chi connectivity index (χ1) is 9.26. The standard InChI is InChI=1S/C15H35N3Si/c1-3-4-7-17(10-6-15-19)8-5-9-18-13-11-16(2)12-14-18/h3-15H2,1-2,19H3.